The topological polar surface area (TPSA) is 109 Å². The van der Waals surface area contributed by atoms with Crippen molar-refractivity contribution in [3.63, 3.8) is 0 Å². The molecule has 52 heavy (non-hydrogen) atoms. The largest absolute Gasteiger partial charge is 0.456 e. The third-order valence-electron chi connectivity index (χ3n) is 9.28. The zero-order chi connectivity index (χ0) is 37.0. The third kappa shape index (κ3) is 8.80. The number of aromatic nitrogens is 2. The second kappa shape index (κ2) is 15.2. The predicted molar refractivity (Wildman–Crippen MR) is 189 cm³/mol. The maximum atomic E-state index is 14.0. The first-order chi connectivity index (χ1) is 24.7. The molecule has 0 atom stereocenters. The highest BCUT2D eigenvalue weighted by Gasteiger charge is 2.42. The fourth-order valence-electron chi connectivity index (χ4n) is 6.59. The number of pyridine rings is 1. The summed E-state index contributed by atoms with van der Waals surface area (Å²) in [6.07, 6.45) is -2.21. The van der Waals surface area contributed by atoms with Gasteiger partial charge in [0.05, 0.1) is 12.0 Å². The minimum atomic E-state index is -4.86. The van der Waals surface area contributed by atoms with Crippen molar-refractivity contribution in [2.24, 2.45) is 0 Å². The Morgan fingerprint density at radius 3 is 2.13 bits per heavy atom. The zero-order valence-corrected chi connectivity index (χ0v) is 29.5. The number of piperidine rings is 1. The van der Waals surface area contributed by atoms with Crippen molar-refractivity contribution >= 4 is 29.5 Å². The van der Waals surface area contributed by atoms with Gasteiger partial charge < -0.3 is 23.9 Å². The first kappa shape index (κ1) is 36.6. The molecule has 0 unspecified atom stereocenters. The summed E-state index contributed by atoms with van der Waals surface area (Å²) >= 11 is 0. The lowest BCUT2D eigenvalue weighted by Gasteiger charge is -2.35. The molecule has 0 radical (unpaired) electrons. The number of anilines is 2. The summed E-state index contributed by atoms with van der Waals surface area (Å²) in [5.41, 5.74) is 0.607. The van der Waals surface area contributed by atoms with Gasteiger partial charge in [-0.25, -0.2) is 9.78 Å². The van der Waals surface area contributed by atoms with E-state index in [1.54, 1.807) is 67.0 Å². The second-order valence-corrected chi connectivity index (χ2v) is 14.2. The number of ketones is 1. The van der Waals surface area contributed by atoms with Crippen molar-refractivity contribution in [3.05, 3.63) is 107 Å². The van der Waals surface area contributed by atoms with E-state index in [1.165, 1.54) is 11.8 Å². The monoisotopic (exact) mass is 717 g/mol. The molecule has 2 saturated heterocycles. The lowest BCUT2D eigenvalue weighted by atomic mass is 9.90. The van der Waals surface area contributed by atoms with E-state index in [0.717, 1.165) is 12.8 Å². The number of oxazole rings is 1. The van der Waals surface area contributed by atoms with Gasteiger partial charge in [0.25, 0.3) is 6.01 Å². The van der Waals surface area contributed by atoms with Crippen LogP contribution in [0, 0.1) is 0 Å². The van der Waals surface area contributed by atoms with E-state index in [0.29, 0.717) is 61.8 Å². The predicted octanol–water partition coefficient (Wildman–Crippen LogP) is 6.74. The van der Waals surface area contributed by atoms with Crippen LogP contribution >= 0.6 is 0 Å². The van der Waals surface area contributed by atoms with Crippen LogP contribution in [0.5, 0.6) is 0 Å². The molecule has 2 aliphatic rings. The average Bonchev–Trinajstić information content (AvgIpc) is 3.59. The molecule has 0 N–H and O–H groups in total. The Labute approximate surface area is 300 Å². The zero-order valence-electron chi connectivity index (χ0n) is 29.5. The lowest BCUT2D eigenvalue weighted by molar-refractivity contribution is -0.141. The molecule has 0 aliphatic carbocycles. The normalized spacial score (nSPS) is 15.8. The molecular weight excluding hydrogens is 675 g/mol. The Morgan fingerprint density at radius 1 is 0.827 bits per heavy atom. The van der Waals surface area contributed by atoms with Gasteiger partial charge in [-0.3, -0.25) is 9.59 Å². The standard InChI is InChI=1S/C39H42F3N5O5/c1-38(2,3)52-36(50)30-12-8-7-11-29(30)24-33(49)46-21-19-45(20-22-46)32-14-13-26(25-43-32)23-31(48)34-35(39(40,41)42)44-37(51-34)47-17-15-28(16-18-47)27-9-5-4-6-10-27/h4-14,25,28H,15-24H2,1-3H3. The van der Waals surface area contributed by atoms with Gasteiger partial charge in [0, 0.05) is 51.9 Å². The number of hydrogen-bond acceptors (Lipinski definition) is 9. The highest BCUT2D eigenvalue weighted by Crippen LogP contribution is 2.37. The van der Waals surface area contributed by atoms with Crippen LogP contribution in [0.2, 0.25) is 0 Å². The molecule has 2 aromatic carbocycles. The van der Waals surface area contributed by atoms with Gasteiger partial charge in [-0.05, 0) is 68.4 Å². The number of halogens is 3. The Morgan fingerprint density at radius 2 is 1.50 bits per heavy atom. The van der Waals surface area contributed by atoms with Crippen molar-refractivity contribution in [1.29, 1.82) is 0 Å². The quantitative estimate of drug-likeness (QED) is 0.137. The Bertz CT molecular complexity index is 1870. The molecule has 1 amide bonds. The van der Waals surface area contributed by atoms with Crippen molar-refractivity contribution in [3.8, 4) is 0 Å². The van der Waals surface area contributed by atoms with Crippen LogP contribution in [-0.2, 0) is 28.5 Å². The Kier molecular flexibility index (Phi) is 10.7. The Balaban J connectivity index is 1.04. The van der Waals surface area contributed by atoms with Gasteiger partial charge in [-0.2, -0.15) is 18.2 Å². The fraction of sp³-hybridized carbons (Fsp3) is 0.410. The number of benzene rings is 2. The number of rotatable bonds is 9. The number of esters is 1. The number of hydrogen-bond donors (Lipinski definition) is 0. The highest BCUT2D eigenvalue weighted by molar-refractivity contribution is 5.96. The number of Topliss-reactive ketones (excluding diaryl/α,β-unsaturated/α-hetero) is 1. The first-order valence-electron chi connectivity index (χ1n) is 17.4. The SMILES string of the molecule is CC(C)(C)OC(=O)c1ccccc1CC(=O)N1CCN(c2ccc(CC(=O)c3oc(N4CCC(c5ccccc5)CC4)nc3C(F)(F)F)cn2)CC1. The van der Waals surface area contributed by atoms with Crippen molar-refractivity contribution < 1.29 is 36.7 Å². The second-order valence-electron chi connectivity index (χ2n) is 14.2. The summed E-state index contributed by atoms with van der Waals surface area (Å²) in [6.45, 7) is 8.17. The molecule has 2 fully saturated rings. The maximum absolute atomic E-state index is 14.0. The summed E-state index contributed by atoms with van der Waals surface area (Å²) in [4.78, 5) is 52.7. The summed E-state index contributed by atoms with van der Waals surface area (Å²) < 4.78 is 53.1. The minimum Gasteiger partial charge on any atom is -0.456 e. The molecule has 2 aromatic heterocycles. The first-order valence-corrected chi connectivity index (χ1v) is 17.4. The number of alkyl halides is 3. The number of ether oxygens (including phenoxy) is 1. The summed E-state index contributed by atoms with van der Waals surface area (Å²) in [7, 11) is 0. The molecule has 0 saturated carbocycles. The molecule has 10 nitrogen and oxygen atoms in total. The van der Waals surface area contributed by atoms with Gasteiger partial charge in [-0.1, -0.05) is 54.6 Å². The number of nitrogens with zero attached hydrogens (tertiary/aromatic N) is 5. The van der Waals surface area contributed by atoms with E-state index in [2.05, 4.69) is 9.97 Å². The molecule has 13 heteroatoms. The summed E-state index contributed by atoms with van der Waals surface area (Å²) in [5, 5.41) is 0. The molecule has 6 rings (SSSR count). The van der Waals surface area contributed by atoms with Crippen molar-refractivity contribution in [1.82, 2.24) is 14.9 Å². The highest BCUT2D eigenvalue weighted by atomic mass is 19.4. The molecule has 0 spiro atoms. The molecular formula is C39H42F3N5O5. The number of carbonyl (C=O) groups is 3. The average molecular weight is 718 g/mol. The number of amides is 1. The van der Waals surface area contributed by atoms with Crippen LogP contribution in [-0.4, -0.2) is 77.4 Å². The molecule has 4 heterocycles. The molecule has 274 valence electrons. The van der Waals surface area contributed by atoms with Crippen molar-refractivity contribution in [2.45, 2.75) is 64.1 Å². The van der Waals surface area contributed by atoms with E-state index in [4.69, 9.17) is 9.15 Å². The molecule has 2 aliphatic heterocycles. The lowest BCUT2D eigenvalue weighted by Crippen LogP contribution is -2.49. The maximum Gasteiger partial charge on any atom is 0.437 e. The molecule has 4 aromatic rings. The summed E-state index contributed by atoms with van der Waals surface area (Å²) in [5.74, 6) is -1.30. The Hall–Kier alpha value is -5.20. The van der Waals surface area contributed by atoms with Crippen LogP contribution in [0.25, 0.3) is 0 Å². The van der Waals surface area contributed by atoms with Crippen LogP contribution < -0.4 is 9.80 Å². The van der Waals surface area contributed by atoms with E-state index >= 15 is 0 Å². The van der Waals surface area contributed by atoms with Crippen LogP contribution in [0.3, 0.4) is 0 Å². The smallest absolute Gasteiger partial charge is 0.437 e. The van der Waals surface area contributed by atoms with Gasteiger partial charge >= 0.3 is 12.1 Å². The summed E-state index contributed by atoms with van der Waals surface area (Å²) in [6, 6.07) is 20.1. The number of piperazine rings is 1. The third-order valence-corrected chi connectivity index (χ3v) is 9.28. The van der Waals surface area contributed by atoms with Crippen molar-refractivity contribution in [2.75, 3.05) is 49.1 Å². The van der Waals surface area contributed by atoms with E-state index in [9.17, 15) is 27.6 Å². The van der Waals surface area contributed by atoms with Crippen LogP contribution in [0.1, 0.15) is 82.8 Å². The van der Waals surface area contributed by atoms with Gasteiger partial charge in [0.1, 0.15) is 11.4 Å². The van der Waals surface area contributed by atoms with Crippen LogP contribution in [0.4, 0.5) is 25.0 Å². The fourth-order valence-corrected chi connectivity index (χ4v) is 6.59. The van der Waals surface area contributed by atoms with E-state index < -0.39 is 35.0 Å². The minimum absolute atomic E-state index is 0.0614. The van der Waals surface area contributed by atoms with Gasteiger partial charge in [-0.15, -0.1) is 0 Å². The van der Waals surface area contributed by atoms with Gasteiger partial charge in [0.15, 0.2) is 5.69 Å². The van der Waals surface area contributed by atoms with E-state index in [1.807, 2.05) is 35.2 Å². The molecule has 0 bridgehead atoms. The van der Waals surface area contributed by atoms with E-state index in [-0.39, 0.29) is 30.7 Å². The van der Waals surface area contributed by atoms with Crippen LogP contribution in [0.15, 0.2) is 77.3 Å². The van der Waals surface area contributed by atoms with Gasteiger partial charge in [0.2, 0.25) is 17.5 Å². The number of carbonyl (C=O) groups excluding carboxylic acids is 3.